The molecule has 1 N–H and O–H groups in total. The largest absolute Gasteiger partial charge is 0.461 e. The minimum Gasteiger partial charge on any atom is -0.461 e. The van der Waals surface area contributed by atoms with Crippen LogP contribution in [-0.4, -0.2) is 46.9 Å². The van der Waals surface area contributed by atoms with Crippen molar-refractivity contribution in [1.29, 1.82) is 0 Å². The Balaban J connectivity index is 1.67. The number of rotatable bonds is 6. The molecule has 1 aliphatic heterocycles. The summed E-state index contributed by atoms with van der Waals surface area (Å²) in [5, 5.41) is 3.15. The molecular weight excluding hydrogens is 360 g/mol. The summed E-state index contributed by atoms with van der Waals surface area (Å²) in [6.45, 7) is 2.94. The van der Waals surface area contributed by atoms with Gasteiger partial charge in [0.1, 0.15) is 18.1 Å². The zero-order chi connectivity index (χ0) is 19.8. The number of allylic oxidation sites excluding steroid dienone is 2. The van der Waals surface area contributed by atoms with E-state index in [1.807, 2.05) is 17.8 Å². The van der Waals surface area contributed by atoms with E-state index in [1.165, 1.54) is 0 Å². The number of aliphatic imine (C=N–C) groups is 1. The van der Waals surface area contributed by atoms with Crippen molar-refractivity contribution in [2.75, 3.05) is 25.6 Å². The third kappa shape index (κ3) is 2.95. The van der Waals surface area contributed by atoms with Crippen LogP contribution < -0.4 is 5.32 Å². The molecule has 0 bridgehead atoms. The van der Waals surface area contributed by atoms with Gasteiger partial charge in [0.2, 0.25) is 5.78 Å². The number of Topliss-reactive ketones (excluding diaryl/α,β-unsaturated/α-hetero) is 1. The van der Waals surface area contributed by atoms with Crippen molar-refractivity contribution >= 4 is 23.2 Å². The van der Waals surface area contributed by atoms with E-state index in [2.05, 4.69) is 10.3 Å². The predicted molar refractivity (Wildman–Crippen MR) is 104 cm³/mol. The van der Waals surface area contributed by atoms with Gasteiger partial charge in [-0.05, 0) is 31.1 Å². The average molecular weight is 382 g/mol. The number of ketones is 1. The SMILES string of the molecule is CCOC(=O)c1cc(NC2=CC3=NCCc4cn(C)c(c43)C2=O)cn1COC. The number of ether oxygens (including phenoxy) is 2. The van der Waals surface area contributed by atoms with Crippen molar-refractivity contribution < 1.29 is 19.1 Å². The normalized spacial score (nSPS) is 15.0. The number of hydrogen-bond donors (Lipinski definition) is 1. The van der Waals surface area contributed by atoms with E-state index < -0.39 is 5.97 Å². The third-order valence-electron chi connectivity index (χ3n) is 4.85. The second-order valence-corrected chi connectivity index (χ2v) is 6.74. The highest BCUT2D eigenvalue weighted by molar-refractivity contribution is 6.27. The lowest BCUT2D eigenvalue weighted by Crippen LogP contribution is -2.25. The van der Waals surface area contributed by atoms with Crippen LogP contribution in [-0.2, 0) is 29.7 Å². The Morgan fingerprint density at radius 3 is 2.93 bits per heavy atom. The number of anilines is 1. The topological polar surface area (TPSA) is 86.9 Å². The van der Waals surface area contributed by atoms with Crippen molar-refractivity contribution in [3.63, 3.8) is 0 Å². The summed E-state index contributed by atoms with van der Waals surface area (Å²) >= 11 is 0. The number of aromatic nitrogens is 2. The standard InChI is InChI=1S/C20H22N4O4/c1-4-28-20(26)16-7-13(10-24(16)11-27-3)22-15-8-14-17-12(5-6-21-14)9-23(2)18(17)19(15)25/h7-10,22H,4-6,11H2,1-3H3. The van der Waals surface area contributed by atoms with Gasteiger partial charge in [0.05, 0.1) is 23.7 Å². The predicted octanol–water partition coefficient (Wildman–Crippen LogP) is 2.14. The van der Waals surface area contributed by atoms with Gasteiger partial charge in [-0.2, -0.15) is 0 Å². The van der Waals surface area contributed by atoms with Crippen LogP contribution in [0.25, 0.3) is 0 Å². The van der Waals surface area contributed by atoms with Crippen LogP contribution in [0, 0.1) is 0 Å². The van der Waals surface area contributed by atoms with Crippen LogP contribution in [0.3, 0.4) is 0 Å². The molecule has 0 amide bonds. The summed E-state index contributed by atoms with van der Waals surface area (Å²) in [5.74, 6) is -0.538. The number of nitrogens with zero attached hydrogens (tertiary/aromatic N) is 3. The highest BCUT2D eigenvalue weighted by atomic mass is 16.5. The Bertz CT molecular complexity index is 1030. The van der Waals surface area contributed by atoms with Crippen molar-refractivity contribution in [3.05, 3.63) is 52.7 Å². The quantitative estimate of drug-likeness (QED) is 0.774. The van der Waals surface area contributed by atoms with Gasteiger partial charge in [0.25, 0.3) is 0 Å². The van der Waals surface area contributed by atoms with Crippen LogP contribution in [0.1, 0.15) is 39.0 Å². The Kier molecular flexibility index (Phi) is 4.64. The first-order valence-electron chi connectivity index (χ1n) is 9.16. The average Bonchev–Trinajstić information content (AvgIpc) is 3.21. The Labute approximate surface area is 162 Å². The van der Waals surface area contributed by atoms with Crippen LogP contribution in [0.15, 0.2) is 35.2 Å². The molecule has 2 aliphatic rings. The zero-order valence-corrected chi connectivity index (χ0v) is 16.1. The molecule has 8 heteroatoms. The molecule has 4 rings (SSSR count). The number of aryl methyl sites for hydroxylation is 1. The second-order valence-electron chi connectivity index (χ2n) is 6.74. The Morgan fingerprint density at radius 1 is 1.36 bits per heavy atom. The lowest BCUT2D eigenvalue weighted by Gasteiger charge is -2.20. The highest BCUT2D eigenvalue weighted by Gasteiger charge is 2.32. The van der Waals surface area contributed by atoms with Gasteiger partial charge in [-0.15, -0.1) is 0 Å². The number of methoxy groups -OCH3 is 1. The molecule has 0 fully saturated rings. The summed E-state index contributed by atoms with van der Waals surface area (Å²) in [6.07, 6.45) is 6.35. The molecule has 2 aromatic rings. The summed E-state index contributed by atoms with van der Waals surface area (Å²) in [5.41, 5.74) is 4.93. The molecule has 8 nitrogen and oxygen atoms in total. The van der Waals surface area contributed by atoms with Crippen LogP contribution >= 0.6 is 0 Å². The number of carbonyl (C=O) groups excluding carboxylic acids is 2. The Hall–Kier alpha value is -3.13. The molecule has 0 saturated carbocycles. The number of esters is 1. The van der Waals surface area contributed by atoms with Crippen molar-refractivity contribution in [3.8, 4) is 0 Å². The monoisotopic (exact) mass is 382 g/mol. The molecular formula is C20H22N4O4. The van der Waals surface area contributed by atoms with E-state index in [9.17, 15) is 9.59 Å². The van der Waals surface area contributed by atoms with Gasteiger partial charge >= 0.3 is 5.97 Å². The van der Waals surface area contributed by atoms with Crippen molar-refractivity contribution in [1.82, 2.24) is 9.13 Å². The molecule has 0 spiro atoms. The zero-order valence-electron chi connectivity index (χ0n) is 16.1. The lowest BCUT2D eigenvalue weighted by atomic mass is 9.92. The molecule has 0 aromatic carbocycles. The molecule has 28 heavy (non-hydrogen) atoms. The van der Waals surface area contributed by atoms with Gasteiger partial charge in [-0.25, -0.2) is 4.79 Å². The van der Waals surface area contributed by atoms with Gasteiger partial charge in [-0.1, -0.05) is 0 Å². The van der Waals surface area contributed by atoms with Crippen LogP contribution in [0.5, 0.6) is 0 Å². The first kappa shape index (κ1) is 18.2. The minimum atomic E-state index is -0.442. The van der Waals surface area contributed by atoms with Gasteiger partial charge in [-0.3, -0.25) is 9.79 Å². The van der Waals surface area contributed by atoms with E-state index in [-0.39, 0.29) is 19.1 Å². The Morgan fingerprint density at radius 2 is 2.18 bits per heavy atom. The summed E-state index contributed by atoms with van der Waals surface area (Å²) in [7, 11) is 3.42. The van der Waals surface area contributed by atoms with Crippen LogP contribution in [0.4, 0.5) is 5.69 Å². The minimum absolute atomic E-state index is 0.0956. The molecule has 2 aromatic heterocycles. The van der Waals surface area contributed by atoms with E-state index >= 15 is 0 Å². The van der Waals surface area contributed by atoms with Gasteiger partial charge in [0, 0.05) is 38.7 Å². The molecule has 0 saturated heterocycles. The molecule has 3 heterocycles. The summed E-state index contributed by atoms with van der Waals surface area (Å²) in [6, 6.07) is 1.65. The number of hydrogen-bond acceptors (Lipinski definition) is 6. The highest BCUT2D eigenvalue weighted by Crippen LogP contribution is 2.30. The van der Waals surface area contributed by atoms with E-state index in [4.69, 9.17) is 9.47 Å². The molecule has 146 valence electrons. The van der Waals surface area contributed by atoms with E-state index in [0.29, 0.717) is 29.3 Å². The fourth-order valence-corrected chi connectivity index (χ4v) is 3.71. The molecule has 0 atom stereocenters. The van der Waals surface area contributed by atoms with Crippen molar-refractivity contribution in [2.24, 2.45) is 12.0 Å². The fraction of sp³-hybridized carbons (Fsp3) is 0.350. The van der Waals surface area contributed by atoms with Crippen molar-refractivity contribution in [2.45, 2.75) is 20.1 Å². The number of carbonyl (C=O) groups is 2. The van der Waals surface area contributed by atoms with Crippen LogP contribution in [0.2, 0.25) is 0 Å². The van der Waals surface area contributed by atoms with E-state index in [1.54, 1.807) is 36.9 Å². The maximum absolute atomic E-state index is 13.1. The molecule has 0 radical (unpaired) electrons. The fourth-order valence-electron chi connectivity index (χ4n) is 3.71. The van der Waals surface area contributed by atoms with Gasteiger partial charge < -0.3 is 23.9 Å². The molecule has 1 aliphatic carbocycles. The first-order valence-corrected chi connectivity index (χ1v) is 9.16. The molecule has 0 unspecified atom stereocenters. The first-order chi connectivity index (χ1) is 13.5. The third-order valence-corrected chi connectivity index (χ3v) is 4.85. The summed E-state index contributed by atoms with van der Waals surface area (Å²) < 4.78 is 13.8. The maximum Gasteiger partial charge on any atom is 0.355 e. The summed E-state index contributed by atoms with van der Waals surface area (Å²) in [4.78, 5) is 29.8. The lowest BCUT2D eigenvalue weighted by molar-refractivity contribution is 0.0494. The smallest absolute Gasteiger partial charge is 0.355 e. The van der Waals surface area contributed by atoms with E-state index in [0.717, 1.165) is 23.3 Å². The van der Waals surface area contributed by atoms with Gasteiger partial charge in [0.15, 0.2) is 0 Å². The maximum atomic E-state index is 13.1. The number of nitrogens with one attached hydrogen (secondary N) is 1. The second kappa shape index (κ2) is 7.12.